The first kappa shape index (κ1) is 58.6. The number of aliphatic hydroxyl groups is 5. The van der Waals surface area contributed by atoms with Crippen LogP contribution in [0.1, 0.15) is 206 Å². The molecule has 7 unspecified atom stereocenters. The molecule has 0 bridgehead atoms. The highest BCUT2D eigenvalue weighted by Gasteiger charge is 2.44. The first-order valence-electron chi connectivity index (χ1n) is 25.6. The maximum absolute atomic E-state index is 12.9. The fourth-order valence-electron chi connectivity index (χ4n) is 7.75. The molecule has 1 saturated heterocycles. The summed E-state index contributed by atoms with van der Waals surface area (Å²) in [6.45, 7) is 3.66. The largest absolute Gasteiger partial charge is 0.394 e. The van der Waals surface area contributed by atoms with Gasteiger partial charge >= 0.3 is 0 Å². The summed E-state index contributed by atoms with van der Waals surface area (Å²) >= 11 is 0. The molecule has 0 aromatic carbocycles. The summed E-state index contributed by atoms with van der Waals surface area (Å²) in [4.78, 5) is 12.9. The van der Waals surface area contributed by atoms with E-state index in [1.807, 2.05) is 0 Å². The van der Waals surface area contributed by atoms with E-state index in [9.17, 15) is 30.3 Å². The van der Waals surface area contributed by atoms with Crippen molar-refractivity contribution in [3.63, 3.8) is 0 Å². The molecule has 9 heteroatoms. The molecule has 0 aliphatic carbocycles. The minimum Gasteiger partial charge on any atom is -0.394 e. The Balaban J connectivity index is 2.08. The molecule has 1 aliphatic rings. The highest BCUT2D eigenvalue weighted by molar-refractivity contribution is 5.76. The second-order valence-electron chi connectivity index (χ2n) is 17.6. The molecule has 1 heterocycles. The van der Waals surface area contributed by atoms with E-state index in [1.54, 1.807) is 0 Å². The molecule has 1 rings (SSSR count). The molecule has 0 radical (unpaired) electrons. The van der Waals surface area contributed by atoms with Crippen molar-refractivity contribution in [3.8, 4) is 0 Å². The molecule has 364 valence electrons. The Kier molecular flexibility index (Phi) is 40.5. The summed E-state index contributed by atoms with van der Waals surface area (Å²) < 4.78 is 11.2. The highest BCUT2D eigenvalue weighted by atomic mass is 16.7. The molecule has 63 heavy (non-hydrogen) atoms. The van der Waals surface area contributed by atoms with Crippen LogP contribution in [0.2, 0.25) is 0 Å². The van der Waals surface area contributed by atoms with E-state index in [-0.39, 0.29) is 12.5 Å². The van der Waals surface area contributed by atoms with E-state index in [0.717, 1.165) is 77.0 Å². The third-order valence-corrected chi connectivity index (χ3v) is 11.8. The SMILES string of the molecule is CC/C=C\C/C=C\C/C=C\C/C=C\C/C=C\C/C=C\CCCCCCCCCCCCCCCCC(=O)NC(COC1OC(CO)C(O)C(O)C1O)C(O)CCCCCCCCC. The molecule has 0 spiro atoms. The lowest BCUT2D eigenvalue weighted by atomic mass is 9.99. The third-order valence-electron chi connectivity index (χ3n) is 11.8. The van der Waals surface area contributed by atoms with Crippen molar-refractivity contribution in [1.29, 1.82) is 0 Å². The summed E-state index contributed by atoms with van der Waals surface area (Å²) in [6, 6.07) is -0.719. The Morgan fingerprint density at radius 2 is 0.984 bits per heavy atom. The van der Waals surface area contributed by atoms with E-state index >= 15 is 0 Å². The summed E-state index contributed by atoms with van der Waals surface area (Å²) in [6.07, 6.45) is 52.4. The number of carbonyl (C=O) groups is 1. The van der Waals surface area contributed by atoms with Crippen molar-refractivity contribution in [2.75, 3.05) is 13.2 Å². The van der Waals surface area contributed by atoms with Crippen LogP contribution >= 0.6 is 0 Å². The van der Waals surface area contributed by atoms with Gasteiger partial charge in [0.25, 0.3) is 0 Å². The number of allylic oxidation sites excluding steroid dienone is 12. The minimum atomic E-state index is -1.55. The van der Waals surface area contributed by atoms with Gasteiger partial charge in [0.05, 0.1) is 25.4 Å². The Morgan fingerprint density at radius 1 is 0.556 bits per heavy atom. The van der Waals surface area contributed by atoms with Crippen LogP contribution < -0.4 is 5.32 Å². The van der Waals surface area contributed by atoms with Crippen molar-refractivity contribution < 1.29 is 39.8 Å². The number of nitrogens with one attached hydrogen (secondary N) is 1. The van der Waals surface area contributed by atoms with Crippen molar-refractivity contribution in [3.05, 3.63) is 72.9 Å². The standard InChI is InChI=1S/C54H95NO8/c1-3-5-7-9-11-12-13-14-15-16-17-18-19-20-21-22-23-24-25-26-27-28-29-30-31-32-33-34-35-36-38-40-42-44-50(58)55-47(48(57)43-41-39-37-10-8-6-4-2)46-62-54-53(61)52(60)51(59)49(45-56)63-54/h5,7,11-12,14-15,17-18,20-21,23-24,47-49,51-54,56-57,59-61H,3-4,6,8-10,13,16,19,22,25-46H2,1-2H3,(H,55,58)/b7-5-,12-11-,15-14-,18-17-,21-20-,24-23-. The van der Waals surface area contributed by atoms with Crippen LogP contribution in [0.3, 0.4) is 0 Å². The van der Waals surface area contributed by atoms with E-state index in [0.29, 0.717) is 12.8 Å². The molecule has 0 saturated carbocycles. The summed E-state index contributed by atoms with van der Waals surface area (Å²) in [5.41, 5.74) is 0. The van der Waals surface area contributed by atoms with Gasteiger partial charge < -0.3 is 40.3 Å². The third kappa shape index (κ3) is 33.7. The molecule has 1 amide bonds. The predicted octanol–water partition coefficient (Wildman–Crippen LogP) is 11.7. The second kappa shape index (κ2) is 43.5. The number of amides is 1. The monoisotopic (exact) mass is 886 g/mol. The summed E-state index contributed by atoms with van der Waals surface area (Å²) in [7, 11) is 0. The molecular weight excluding hydrogens is 791 g/mol. The van der Waals surface area contributed by atoms with Gasteiger partial charge in [-0.2, -0.15) is 0 Å². The Hall–Kier alpha value is -2.37. The zero-order chi connectivity index (χ0) is 45.9. The maximum Gasteiger partial charge on any atom is 0.220 e. The van der Waals surface area contributed by atoms with Gasteiger partial charge in [0.2, 0.25) is 5.91 Å². The first-order chi connectivity index (χ1) is 30.8. The summed E-state index contributed by atoms with van der Waals surface area (Å²) in [5.74, 6) is -0.152. The van der Waals surface area contributed by atoms with Gasteiger partial charge in [0, 0.05) is 6.42 Å². The molecule has 0 aromatic heterocycles. The van der Waals surface area contributed by atoms with Gasteiger partial charge in [-0.05, 0) is 64.2 Å². The van der Waals surface area contributed by atoms with Crippen LogP contribution in [0, 0.1) is 0 Å². The lowest BCUT2D eigenvalue weighted by molar-refractivity contribution is -0.302. The number of rotatable bonds is 42. The van der Waals surface area contributed by atoms with Gasteiger partial charge in [-0.15, -0.1) is 0 Å². The number of ether oxygens (including phenoxy) is 2. The quantitative estimate of drug-likeness (QED) is 0.0262. The van der Waals surface area contributed by atoms with Crippen molar-refractivity contribution in [2.24, 2.45) is 0 Å². The zero-order valence-electron chi connectivity index (χ0n) is 40.1. The Bertz CT molecular complexity index is 1210. The van der Waals surface area contributed by atoms with E-state index in [1.165, 1.54) is 103 Å². The van der Waals surface area contributed by atoms with Crippen molar-refractivity contribution >= 4 is 5.91 Å². The second-order valence-corrected chi connectivity index (χ2v) is 17.6. The van der Waals surface area contributed by atoms with Gasteiger partial charge in [-0.1, -0.05) is 209 Å². The van der Waals surface area contributed by atoms with Crippen molar-refractivity contribution in [2.45, 2.75) is 249 Å². The van der Waals surface area contributed by atoms with Crippen molar-refractivity contribution in [1.82, 2.24) is 5.32 Å². The average Bonchev–Trinajstić information content (AvgIpc) is 3.28. The smallest absolute Gasteiger partial charge is 0.220 e. The fraction of sp³-hybridized carbons (Fsp3) is 0.759. The van der Waals surface area contributed by atoms with Crippen LogP contribution in [0.25, 0.3) is 0 Å². The highest BCUT2D eigenvalue weighted by Crippen LogP contribution is 2.23. The number of aliphatic hydroxyl groups excluding tert-OH is 5. The molecule has 0 aromatic rings. The van der Waals surface area contributed by atoms with E-state index in [4.69, 9.17) is 9.47 Å². The molecular formula is C54H95NO8. The molecule has 9 nitrogen and oxygen atoms in total. The van der Waals surface area contributed by atoms with Crippen LogP contribution in [-0.2, 0) is 14.3 Å². The van der Waals surface area contributed by atoms with Crippen LogP contribution in [0.5, 0.6) is 0 Å². The minimum absolute atomic E-state index is 0.141. The topological polar surface area (TPSA) is 149 Å². The van der Waals surface area contributed by atoms with Gasteiger partial charge in [-0.25, -0.2) is 0 Å². The molecule has 1 fully saturated rings. The van der Waals surface area contributed by atoms with Gasteiger partial charge in [0.1, 0.15) is 24.4 Å². The number of hydrogen-bond acceptors (Lipinski definition) is 8. The van der Waals surface area contributed by atoms with Crippen LogP contribution in [0.4, 0.5) is 0 Å². The molecule has 1 aliphatic heterocycles. The summed E-state index contributed by atoms with van der Waals surface area (Å²) in [5, 5.41) is 54.1. The van der Waals surface area contributed by atoms with Gasteiger partial charge in [0.15, 0.2) is 6.29 Å². The first-order valence-corrected chi connectivity index (χ1v) is 25.6. The van der Waals surface area contributed by atoms with Crippen LogP contribution in [0.15, 0.2) is 72.9 Å². The fourth-order valence-corrected chi connectivity index (χ4v) is 7.75. The molecule has 7 atom stereocenters. The normalized spacial score (nSPS) is 20.8. The number of hydrogen-bond donors (Lipinski definition) is 6. The zero-order valence-corrected chi connectivity index (χ0v) is 40.1. The lowest BCUT2D eigenvalue weighted by Crippen LogP contribution is -2.60. The van der Waals surface area contributed by atoms with Gasteiger partial charge in [-0.3, -0.25) is 4.79 Å². The average molecular weight is 886 g/mol. The van der Waals surface area contributed by atoms with E-state index in [2.05, 4.69) is 92.1 Å². The predicted molar refractivity (Wildman–Crippen MR) is 262 cm³/mol. The Labute approximate surface area is 385 Å². The van der Waals surface area contributed by atoms with E-state index < -0.39 is 49.5 Å². The Morgan fingerprint density at radius 3 is 1.46 bits per heavy atom. The number of carbonyl (C=O) groups excluding carboxylic acids is 1. The number of unbranched alkanes of at least 4 members (excludes halogenated alkanes) is 20. The maximum atomic E-state index is 12.9. The lowest BCUT2D eigenvalue weighted by Gasteiger charge is -2.40. The van der Waals surface area contributed by atoms with Crippen LogP contribution in [-0.4, -0.2) is 87.5 Å². The molecule has 6 N–H and O–H groups in total.